The molecule has 1 aromatic rings. The van der Waals surface area contributed by atoms with Gasteiger partial charge in [0.25, 0.3) is 0 Å². The zero-order valence-electron chi connectivity index (χ0n) is 14.1. The third-order valence-electron chi connectivity index (χ3n) is 4.36. The second-order valence-corrected chi connectivity index (χ2v) is 6.20. The Morgan fingerprint density at radius 2 is 1.90 bits per heavy atom. The summed E-state index contributed by atoms with van der Waals surface area (Å²) in [4.78, 5) is 4.94. The lowest BCUT2D eigenvalue weighted by molar-refractivity contribution is 0.878. The van der Waals surface area contributed by atoms with Crippen LogP contribution >= 0.6 is 0 Å². The van der Waals surface area contributed by atoms with E-state index < -0.39 is 0 Å². The standard InChI is InChI=1S/C20H27N/c1-7-10-17-14(4)15(5)20(21-16(6)13(2)3)19-12-9-8-11-18(17)19/h10-13H,4,7-9H2,1-3,5-6H3/b17-10+,21-16?. The molecule has 0 radical (unpaired) electrons. The minimum atomic E-state index is 0.475. The lowest BCUT2D eigenvalue weighted by atomic mass is 9.98. The zero-order chi connectivity index (χ0) is 15.6. The van der Waals surface area contributed by atoms with Crippen molar-refractivity contribution in [3.63, 3.8) is 0 Å². The topological polar surface area (TPSA) is 12.4 Å². The predicted octanol–water partition coefficient (Wildman–Crippen LogP) is 2.70. The highest BCUT2D eigenvalue weighted by molar-refractivity contribution is 5.86. The summed E-state index contributed by atoms with van der Waals surface area (Å²) in [6.45, 7) is 15.2. The van der Waals surface area contributed by atoms with E-state index >= 15 is 0 Å². The molecule has 2 rings (SSSR count). The third kappa shape index (κ3) is 3.02. The molecule has 1 nitrogen and oxygen atoms in total. The SMILES string of the molecule is C=c1c(C)c(N=C(C)C(C)C)c2c(/c1=C/CC)=CCCC=2. The van der Waals surface area contributed by atoms with Crippen molar-refractivity contribution in [1.82, 2.24) is 0 Å². The highest BCUT2D eigenvalue weighted by atomic mass is 14.8. The average molecular weight is 281 g/mol. The van der Waals surface area contributed by atoms with Crippen molar-refractivity contribution in [1.29, 1.82) is 0 Å². The quantitative estimate of drug-likeness (QED) is 0.756. The minimum absolute atomic E-state index is 0.475. The Labute approximate surface area is 128 Å². The van der Waals surface area contributed by atoms with Crippen molar-refractivity contribution in [2.75, 3.05) is 0 Å². The molecule has 112 valence electrons. The van der Waals surface area contributed by atoms with Crippen molar-refractivity contribution in [3.05, 3.63) is 26.4 Å². The van der Waals surface area contributed by atoms with E-state index in [2.05, 4.69) is 59.4 Å². The number of fused-ring (bicyclic) bond motifs is 1. The van der Waals surface area contributed by atoms with E-state index in [0.717, 1.165) is 30.2 Å². The van der Waals surface area contributed by atoms with Gasteiger partial charge in [-0.1, -0.05) is 45.6 Å². The molecule has 0 aromatic heterocycles. The molecule has 1 aromatic carbocycles. The molecule has 21 heavy (non-hydrogen) atoms. The van der Waals surface area contributed by atoms with Gasteiger partial charge in [0.1, 0.15) is 0 Å². The maximum absolute atomic E-state index is 4.94. The maximum atomic E-state index is 4.94. The van der Waals surface area contributed by atoms with Crippen molar-refractivity contribution < 1.29 is 0 Å². The van der Waals surface area contributed by atoms with Crippen molar-refractivity contribution >= 4 is 36.2 Å². The van der Waals surface area contributed by atoms with Crippen LogP contribution in [0.15, 0.2) is 4.99 Å². The van der Waals surface area contributed by atoms with E-state index in [9.17, 15) is 0 Å². The molecule has 0 unspecified atom stereocenters. The van der Waals surface area contributed by atoms with Gasteiger partial charge in [-0.2, -0.15) is 0 Å². The van der Waals surface area contributed by atoms with Crippen molar-refractivity contribution in [3.8, 4) is 0 Å². The van der Waals surface area contributed by atoms with E-state index in [1.54, 1.807) is 0 Å². The highest BCUT2D eigenvalue weighted by Crippen LogP contribution is 2.11. The van der Waals surface area contributed by atoms with Gasteiger partial charge < -0.3 is 0 Å². The molecule has 1 aliphatic carbocycles. The van der Waals surface area contributed by atoms with Crippen LogP contribution in [0.5, 0.6) is 0 Å². The van der Waals surface area contributed by atoms with E-state index in [4.69, 9.17) is 4.99 Å². The molecule has 0 N–H and O–H groups in total. The first-order chi connectivity index (χ1) is 9.97. The monoisotopic (exact) mass is 281 g/mol. The third-order valence-corrected chi connectivity index (χ3v) is 4.36. The smallest absolute Gasteiger partial charge is 0.0739 e. The summed E-state index contributed by atoms with van der Waals surface area (Å²) in [5.41, 5.74) is 3.54. The van der Waals surface area contributed by atoms with E-state index in [-0.39, 0.29) is 0 Å². The van der Waals surface area contributed by atoms with Crippen LogP contribution in [0.3, 0.4) is 0 Å². The number of nitrogens with zero attached hydrogens (tertiary/aromatic N) is 1. The van der Waals surface area contributed by atoms with Crippen LogP contribution in [0.25, 0.3) is 24.8 Å². The molecule has 0 saturated carbocycles. The van der Waals surface area contributed by atoms with Crippen LogP contribution in [0, 0.1) is 12.8 Å². The summed E-state index contributed by atoms with van der Waals surface area (Å²) < 4.78 is 0. The second kappa shape index (κ2) is 6.43. The van der Waals surface area contributed by atoms with Gasteiger partial charge in [0.05, 0.1) is 5.69 Å². The predicted molar refractivity (Wildman–Crippen MR) is 95.7 cm³/mol. The lowest BCUT2D eigenvalue weighted by Gasteiger charge is -2.12. The Bertz CT molecular complexity index is 792. The van der Waals surface area contributed by atoms with E-state index in [1.807, 2.05) is 0 Å². The van der Waals surface area contributed by atoms with Crippen molar-refractivity contribution in [2.45, 2.75) is 53.9 Å². The van der Waals surface area contributed by atoms with Crippen LogP contribution in [-0.4, -0.2) is 5.71 Å². The maximum Gasteiger partial charge on any atom is 0.0739 e. The molecule has 1 aliphatic rings. The number of hydrogen-bond acceptors (Lipinski definition) is 1. The van der Waals surface area contributed by atoms with Crippen LogP contribution in [-0.2, 0) is 0 Å². The van der Waals surface area contributed by atoms with Gasteiger partial charge in [-0.15, -0.1) is 0 Å². The Kier molecular flexibility index (Phi) is 4.82. The first kappa shape index (κ1) is 15.8. The molecule has 0 fully saturated rings. The molecule has 0 aliphatic heterocycles. The van der Waals surface area contributed by atoms with Gasteiger partial charge >= 0.3 is 0 Å². The fourth-order valence-electron chi connectivity index (χ4n) is 2.75. The normalized spacial score (nSPS) is 15.7. The van der Waals surface area contributed by atoms with Gasteiger partial charge in [0.2, 0.25) is 0 Å². The molecule has 0 amide bonds. The lowest BCUT2D eigenvalue weighted by Crippen LogP contribution is -2.50. The van der Waals surface area contributed by atoms with Gasteiger partial charge in [-0.05, 0) is 60.2 Å². The van der Waals surface area contributed by atoms with Gasteiger partial charge in [0.15, 0.2) is 0 Å². The fourth-order valence-corrected chi connectivity index (χ4v) is 2.75. The Morgan fingerprint density at radius 3 is 2.48 bits per heavy atom. The number of aliphatic imine (C=N–C) groups is 1. The van der Waals surface area contributed by atoms with Crippen LogP contribution in [0.4, 0.5) is 5.69 Å². The minimum Gasteiger partial charge on any atom is -0.257 e. The zero-order valence-corrected chi connectivity index (χ0v) is 14.1. The molecule has 0 spiro atoms. The largest absolute Gasteiger partial charge is 0.257 e. The molecule has 1 heteroatoms. The summed E-state index contributed by atoms with van der Waals surface area (Å²) in [7, 11) is 0. The van der Waals surface area contributed by atoms with Gasteiger partial charge in [0, 0.05) is 10.9 Å². The van der Waals surface area contributed by atoms with Crippen LogP contribution in [0.2, 0.25) is 0 Å². The van der Waals surface area contributed by atoms with Gasteiger partial charge in [-0.3, -0.25) is 4.99 Å². The Balaban J connectivity index is 2.95. The molecule has 0 saturated heterocycles. The van der Waals surface area contributed by atoms with Crippen molar-refractivity contribution in [2.24, 2.45) is 10.9 Å². The fraction of sp³-hybridized carbons (Fsp3) is 0.450. The summed E-state index contributed by atoms with van der Waals surface area (Å²) >= 11 is 0. The summed E-state index contributed by atoms with van der Waals surface area (Å²) in [6, 6.07) is 0. The molecule has 0 heterocycles. The Morgan fingerprint density at radius 1 is 1.29 bits per heavy atom. The number of rotatable bonds is 3. The second-order valence-electron chi connectivity index (χ2n) is 6.20. The average Bonchev–Trinajstić information content (AvgIpc) is 2.47. The van der Waals surface area contributed by atoms with Crippen LogP contribution in [0.1, 0.15) is 52.5 Å². The first-order valence-electron chi connectivity index (χ1n) is 8.04. The van der Waals surface area contributed by atoms with E-state index in [0.29, 0.717) is 5.92 Å². The molecule has 0 atom stereocenters. The number of hydrogen-bond donors (Lipinski definition) is 0. The van der Waals surface area contributed by atoms with E-state index in [1.165, 1.54) is 26.9 Å². The molecule has 0 bridgehead atoms. The Hall–Kier alpha value is -1.63. The molecular formula is C20H27N. The summed E-state index contributed by atoms with van der Waals surface area (Å²) in [6.07, 6.45) is 10.3. The number of benzene rings is 1. The van der Waals surface area contributed by atoms with Crippen LogP contribution < -0.4 is 20.9 Å². The molecular weight excluding hydrogens is 254 g/mol. The first-order valence-corrected chi connectivity index (χ1v) is 8.04. The highest BCUT2D eigenvalue weighted by Gasteiger charge is 2.08. The van der Waals surface area contributed by atoms with Gasteiger partial charge in [-0.25, -0.2) is 0 Å². The summed E-state index contributed by atoms with van der Waals surface area (Å²) in [5.74, 6) is 0.475. The summed E-state index contributed by atoms with van der Waals surface area (Å²) in [5, 5.41) is 5.10.